The second kappa shape index (κ2) is 5.79. The van der Waals surface area contributed by atoms with Crippen LogP contribution in [0.4, 0.5) is 5.69 Å². The third kappa shape index (κ3) is 2.84. The van der Waals surface area contributed by atoms with Gasteiger partial charge in [0.2, 0.25) is 0 Å². The maximum atomic E-state index is 12.6. The summed E-state index contributed by atoms with van der Waals surface area (Å²) in [4.78, 5) is 14.8. The summed E-state index contributed by atoms with van der Waals surface area (Å²) in [6, 6.07) is 11.5. The maximum Gasteiger partial charge on any atom is 0.270 e. The third-order valence-electron chi connectivity index (χ3n) is 3.14. The Morgan fingerprint density at radius 2 is 1.95 bits per heavy atom. The van der Waals surface area contributed by atoms with Gasteiger partial charge in [0.05, 0.1) is 10.6 Å². The molecule has 0 bridgehead atoms. The lowest BCUT2D eigenvalue weighted by molar-refractivity contribution is -0.113. The normalized spacial score (nSPS) is 17.0. The van der Waals surface area contributed by atoms with Crippen LogP contribution in [-0.2, 0) is 11.8 Å². The van der Waals surface area contributed by atoms with Gasteiger partial charge < -0.3 is 4.57 Å². The van der Waals surface area contributed by atoms with Crippen molar-refractivity contribution in [2.45, 2.75) is 0 Å². The topological polar surface area (TPSA) is 25.2 Å². The highest BCUT2D eigenvalue weighted by atomic mass is 79.9. The Morgan fingerprint density at radius 3 is 2.57 bits per heavy atom. The molecule has 2 aromatic rings. The first-order valence-electron chi connectivity index (χ1n) is 6.21. The number of thiocarbonyl (C=S) groups is 1. The number of amides is 1. The van der Waals surface area contributed by atoms with Crippen LogP contribution in [0.3, 0.4) is 0 Å². The Bertz CT molecular complexity index is 749. The van der Waals surface area contributed by atoms with E-state index in [4.69, 9.17) is 12.2 Å². The van der Waals surface area contributed by atoms with Gasteiger partial charge >= 0.3 is 0 Å². The van der Waals surface area contributed by atoms with Crippen LogP contribution in [0.15, 0.2) is 52.0 Å². The Labute approximate surface area is 140 Å². The van der Waals surface area contributed by atoms with Crippen molar-refractivity contribution in [1.29, 1.82) is 0 Å². The van der Waals surface area contributed by atoms with Crippen molar-refractivity contribution in [3.63, 3.8) is 0 Å². The Balaban J connectivity index is 1.94. The van der Waals surface area contributed by atoms with Crippen LogP contribution in [-0.4, -0.2) is 14.8 Å². The minimum absolute atomic E-state index is 0.0754. The molecule has 106 valence electrons. The summed E-state index contributed by atoms with van der Waals surface area (Å²) >= 11 is 10.1. The molecule has 21 heavy (non-hydrogen) atoms. The van der Waals surface area contributed by atoms with E-state index < -0.39 is 0 Å². The molecular weight excluding hydrogens is 368 g/mol. The van der Waals surface area contributed by atoms with E-state index in [1.54, 1.807) is 4.90 Å². The molecule has 1 aliphatic rings. The summed E-state index contributed by atoms with van der Waals surface area (Å²) in [5.41, 5.74) is 1.77. The van der Waals surface area contributed by atoms with Crippen molar-refractivity contribution >= 4 is 61.9 Å². The number of carbonyl (C=O) groups excluding carboxylic acids is 1. The van der Waals surface area contributed by atoms with Gasteiger partial charge in [-0.2, -0.15) is 0 Å². The molecule has 6 heteroatoms. The molecule has 1 aromatic carbocycles. The molecule has 1 saturated heterocycles. The number of hydrogen-bond donors (Lipinski definition) is 0. The molecule has 2 heterocycles. The first kappa shape index (κ1) is 14.6. The number of benzene rings is 1. The van der Waals surface area contributed by atoms with Crippen LogP contribution < -0.4 is 4.90 Å². The number of halogens is 1. The van der Waals surface area contributed by atoms with E-state index in [0.717, 1.165) is 15.9 Å². The van der Waals surface area contributed by atoms with Crippen LogP contribution in [0, 0.1) is 0 Å². The summed E-state index contributed by atoms with van der Waals surface area (Å²) in [5, 5.41) is 0. The van der Waals surface area contributed by atoms with E-state index in [1.807, 2.05) is 60.3 Å². The van der Waals surface area contributed by atoms with Crippen LogP contribution in [0.2, 0.25) is 0 Å². The van der Waals surface area contributed by atoms with Gasteiger partial charge in [0.1, 0.15) is 0 Å². The smallest absolute Gasteiger partial charge is 0.270 e. The zero-order chi connectivity index (χ0) is 15.0. The summed E-state index contributed by atoms with van der Waals surface area (Å²) in [7, 11) is 1.95. The van der Waals surface area contributed by atoms with Crippen LogP contribution in [0.1, 0.15) is 5.69 Å². The van der Waals surface area contributed by atoms with Crippen LogP contribution >= 0.6 is 39.9 Å². The number of hydrogen-bond acceptors (Lipinski definition) is 3. The molecule has 1 aliphatic heterocycles. The lowest BCUT2D eigenvalue weighted by atomic mass is 10.3. The fourth-order valence-electron chi connectivity index (χ4n) is 2.04. The summed E-state index contributed by atoms with van der Waals surface area (Å²) in [5.74, 6) is -0.0754. The molecule has 0 aliphatic carbocycles. The molecule has 0 unspecified atom stereocenters. The lowest BCUT2D eigenvalue weighted by Gasteiger charge is -2.14. The van der Waals surface area contributed by atoms with Crippen LogP contribution in [0.5, 0.6) is 0 Å². The molecule has 0 atom stereocenters. The Morgan fingerprint density at radius 1 is 1.24 bits per heavy atom. The number of anilines is 1. The largest absolute Gasteiger partial charge is 0.351 e. The van der Waals surface area contributed by atoms with Crippen molar-refractivity contribution < 1.29 is 4.79 Å². The Kier molecular flexibility index (Phi) is 4.01. The number of nitrogens with zero attached hydrogens (tertiary/aromatic N) is 2. The molecule has 0 saturated carbocycles. The number of aromatic nitrogens is 1. The molecule has 0 N–H and O–H groups in total. The summed E-state index contributed by atoms with van der Waals surface area (Å²) in [6.45, 7) is 0. The minimum atomic E-state index is -0.0754. The lowest BCUT2D eigenvalue weighted by Crippen LogP contribution is -2.27. The van der Waals surface area contributed by atoms with E-state index in [0.29, 0.717) is 9.23 Å². The van der Waals surface area contributed by atoms with Crippen molar-refractivity contribution in [3.05, 3.63) is 57.7 Å². The quantitative estimate of drug-likeness (QED) is 0.578. The van der Waals surface area contributed by atoms with Gasteiger partial charge in [-0.25, -0.2) is 0 Å². The highest BCUT2D eigenvalue weighted by Gasteiger charge is 2.33. The van der Waals surface area contributed by atoms with E-state index >= 15 is 0 Å². The van der Waals surface area contributed by atoms with Gasteiger partial charge in [-0.05, 0) is 42.5 Å². The summed E-state index contributed by atoms with van der Waals surface area (Å²) in [6.07, 6.45) is 3.82. The molecule has 3 nitrogen and oxygen atoms in total. The number of rotatable bonds is 2. The Hall–Kier alpha value is -1.37. The molecule has 1 fully saturated rings. The molecule has 0 spiro atoms. The predicted molar refractivity (Wildman–Crippen MR) is 95.2 cm³/mol. The van der Waals surface area contributed by atoms with Gasteiger partial charge in [0.25, 0.3) is 5.91 Å². The average Bonchev–Trinajstić information content (AvgIpc) is 2.97. The van der Waals surface area contributed by atoms with E-state index in [9.17, 15) is 4.79 Å². The van der Waals surface area contributed by atoms with E-state index in [1.165, 1.54) is 11.8 Å². The molecule has 1 amide bonds. The number of thioether (sulfide) groups is 1. The number of aryl methyl sites for hydroxylation is 1. The second-order valence-corrected chi connectivity index (χ2v) is 7.13. The van der Waals surface area contributed by atoms with Gasteiger partial charge in [-0.3, -0.25) is 9.69 Å². The summed E-state index contributed by atoms with van der Waals surface area (Å²) < 4.78 is 3.49. The van der Waals surface area contributed by atoms with Crippen molar-refractivity contribution in [1.82, 2.24) is 4.57 Å². The maximum absolute atomic E-state index is 12.6. The zero-order valence-electron chi connectivity index (χ0n) is 11.1. The van der Waals surface area contributed by atoms with Crippen LogP contribution in [0.25, 0.3) is 6.08 Å². The van der Waals surface area contributed by atoms with Gasteiger partial charge in [0.15, 0.2) is 4.32 Å². The first-order chi connectivity index (χ1) is 10.1. The van der Waals surface area contributed by atoms with E-state index in [-0.39, 0.29) is 5.91 Å². The fraction of sp³-hybridized carbons (Fsp3) is 0.0667. The number of carbonyl (C=O) groups is 1. The van der Waals surface area contributed by atoms with Gasteiger partial charge in [0, 0.05) is 23.4 Å². The van der Waals surface area contributed by atoms with Crippen molar-refractivity contribution in [2.75, 3.05) is 4.90 Å². The first-order valence-corrected chi connectivity index (χ1v) is 8.23. The molecule has 1 aromatic heterocycles. The average molecular weight is 379 g/mol. The van der Waals surface area contributed by atoms with Crippen molar-refractivity contribution in [3.8, 4) is 0 Å². The van der Waals surface area contributed by atoms with Gasteiger partial charge in [-0.1, -0.05) is 39.9 Å². The molecule has 0 radical (unpaired) electrons. The standard InChI is InChI=1S/C15H11BrN2OS2/c1-17-8-2-3-12(17)9-13-14(19)18(15(20)21-13)11-6-4-10(16)5-7-11/h2-9H,1H3. The third-order valence-corrected chi connectivity index (χ3v) is 4.97. The molecular formula is C15H11BrN2OS2. The minimum Gasteiger partial charge on any atom is -0.351 e. The zero-order valence-corrected chi connectivity index (χ0v) is 14.3. The molecule has 3 rings (SSSR count). The highest BCUT2D eigenvalue weighted by molar-refractivity contribution is 9.10. The van der Waals surface area contributed by atoms with Gasteiger partial charge in [-0.15, -0.1) is 0 Å². The highest BCUT2D eigenvalue weighted by Crippen LogP contribution is 2.36. The second-order valence-electron chi connectivity index (χ2n) is 4.54. The van der Waals surface area contributed by atoms with Crippen molar-refractivity contribution in [2.24, 2.45) is 7.05 Å². The van der Waals surface area contributed by atoms with E-state index in [2.05, 4.69) is 15.9 Å². The SMILES string of the molecule is Cn1cccc1C=C1SC(=S)N(c2ccc(Br)cc2)C1=O. The monoisotopic (exact) mass is 378 g/mol. The fourth-order valence-corrected chi connectivity index (χ4v) is 3.59. The predicted octanol–water partition coefficient (Wildman–Crippen LogP) is 4.19.